The molecule has 1 amide bonds. The van der Waals surface area contributed by atoms with Gasteiger partial charge in [-0.3, -0.25) is 9.78 Å². The van der Waals surface area contributed by atoms with Crippen LogP contribution < -0.4 is 24.8 Å². The number of carbonyl (C=O) groups is 1. The fourth-order valence-electron chi connectivity index (χ4n) is 4.89. The predicted molar refractivity (Wildman–Crippen MR) is 157 cm³/mol. The number of hydrogen-bond donors (Lipinski definition) is 3. The van der Waals surface area contributed by atoms with Gasteiger partial charge in [-0.05, 0) is 42.3 Å². The van der Waals surface area contributed by atoms with Gasteiger partial charge in [-0.1, -0.05) is 36.9 Å². The highest BCUT2D eigenvalue weighted by Gasteiger charge is 2.33. The van der Waals surface area contributed by atoms with E-state index in [9.17, 15) is 9.18 Å². The van der Waals surface area contributed by atoms with Gasteiger partial charge in [-0.25, -0.2) is 4.39 Å². The van der Waals surface area contributed by atoms with Crippen LogP contribution in [0.2, 0.25) is 0 Å². The van der Waals surface area contributed by atoms with Crippen molar-refractivity contribution in [3.8, 4) is 28.5 Å². The second-order valence-electron chi connectivity index (χ2n) is 9.45. The summed E-state index contributed by atoms with van der Waals surface area (Å²) in [5.74, 6) is 0.464. The first-order chi connectivity index (χ1) is 20.0. The molecule has 0 saturated heterocycles. The van der Waals surface area contributed by atoms with E-state index in [1.807, 2.05) is 36.4 Å². The number of rotatable bonds is 12. The summed E-state index contributed by atoms with van der Waals surface area (Å²) >= 11 is 0. The molecule has 3 N–H and O–H groups in total. The van der Waals surface area contributed by atoms with Gasteiger partial charge < -0.3 is 29.8 Å². The van der Waals surface area contributed by atoms with Gasteiger partial charge in [0.05, 0.1) is 35.9 Å². The van der Waals surface area contributed by atoms with E-state index < -0.39 is 5.82 Å². The number of ether oxygens (including phenoxy) is 3. The highest BCUT2D eigenvalue weighted by molar-refractivity contribution is 6.07. The van der Waals surface area contributed by atoms with Crippen LogP contribution in [-0.2, 0) is 6.61 Å². The summed E-state index contributed by atoms with van der Waals surface area (Å²) in [5, 5.41) is 6.25. The topological polar surface area (TPSA) is 97.5 Å². The molecular weight excluding hydrogens is 523 g/mol. The molecule has 4 aromatic rings. The molecule has 2 aromatic carbocycles. The van der Waals surface area contributed by atoms with E-state index in [1.165, 1.54) is 13.2 Å². The zero-order valence-corrected chi connectivity index (χ0v) is 22.7. The summed E-state index contributed by atoms with van der Waals surface area (Å²) in [5.41, 5.74) is 4.24. The molecule has 41 heavy (non-hydrogen) atoms. The number of carbonyl (C=O) groups excluding carboxylic acids is 1. The summed E-state index contributed by atoms with van der Waals surface area (Å²) in [6.07, 6.45) is 7.44. The van der Waals surface area contributed by atoms with Gasteiger partial charge in [0.1, 0.15) is 24.7 Å². The zero-order chi connectivity index (χ0) is 28.8. The zero-order valence-electron chi connectivity index (χ0n) is 22.7. The Hall–Kier alpha value is -5.05. The van der Waals surface area contributed by atoms with Crippen molar-refractivity contribution >= 4 is 17.3 Å². The number of para-hydroxylation sites is 1. The molecule has 1 unspecified atom stereocenters. The van der Waals surface area contributed by atoms with Gasteiger partial charge in [-0.2, -0.15) is 0 Å². The van der Waals surface area contributed by atoms with Crippen molar-refractivity contribution in [1.82, 2.24) is 15.3 Å². The quantitative estimate of drug-likeness (QED) is 0.173. The number of methoxy groups -OCH3 is 1. The number of aromatic amines is 1. The average molecular weight is 555 g/mol. The van der Waals surface area contributed by atoms with Crippen molar-refractivity contribution in [2.75, 3.05) is 25.6 Å². The molecule has 0 fully saturated rings. The Morgan fingerprint density at radius 2 is 2.00 bits per heavy atom. The maximum Gasteiger partial charge on any atom is 0.255 e. The van der Waals surface area contributed by atoms with Crippen LogP contribution in [0.25, 0.3) is 11.3 Å². The van der Waals surface area contributed by atoms with E-state index in [0.717, 1.165) is 11.3 Å². The second-order valence-corrected chi connectivity index (χ2v) is 9.45. The summed E-state index contributed by atoms with van der Waals surface area (Å²) in [4.78, 5) is 21.0. The van der Waals surface area contributed by atoms with E-state index in [4.69, 9.17) is 14.2 Å². The second kappa shape index (κ2) is 12.4. The van der Waals surface area contributed by atoms with E-state index in [0.29, 0.717) is 59.3 Å². The van der Waals surface area contributed by atoms with E-state index in [-0.39, 0.29) is 24.2 Å². The van der Waals surface area contributed by atoms with Crippen molar-refractivity contribution in [1.29, 1.82) is 0 Å². The van der Waals surface area contributed by atoms with Gasteiger partial charge in [0.2, 0.25) is 0 Å². The normalized spacial score (nSPS) is 14.0. The van der Waals surface area contributed by atoms with Crippen molar-refractivity contribution in [2.45, 2.75) is 18.9 Å². The standard InChI is InChI=1S/C32H31FN4O4/c1-4-8-21-17-35-32(38)27-28(21)37-29(30(27)36-25-12-7-11-24(33)31(25)39-3)23-13-14-34-18-26(23)41-19-20-9-6-10-22(16-20)40-15-5-2/h4-7,9-14,16,18,21,36-37H,1-2,8,15,17,19H2,3H3,(H,35,38). The Labute approximate surface area is 237 Å². The Morgan fingerprint density at radius 1 is 1.15 bits per heavy atom. The molecule has 0 saturated carbocycles. The van der Waals surface area contributed by atoms with Gasteiger partial charge in [0.25, 0.3) is 5.91 Å². The lowest BCUT2D eigenvalue weighted by molar-refractivity contribution is 0.0941. The lowest BCUT2D eigenvalue weighted by Crippen LogP contribution is -2.34. The number of aromatic nitrogens is 2. The third-order valence-corrected chi connectivity index (χ3v) is 6.77. The smallest absolute Gasteiger partial charge is 0.255 e. The SMILES string of the molecule is C=CCOc1cccc(COc2cnccc2-c2[nH]c3c(c2Nc2cccc(F)c2OC)C(=O)NCC3CC=C)c1. The summed E-state index contributed by atoms with van der Waals surface area (Å²) in [6.45, 7) is 8.69. The first-order valence-corrected chi connectivity index (χ1v) is 13.2. The van der Waals surface area contributed by atoms with Crippen LogP contribution in [0.15, 0.2) is 86.2 Å². The number of nitrogens with one attached hydrogen (secondary N) is 3. The summed E-state index contributed by atoms with van der Waals surface area (Å²) in [6, 6.07) is 14.0. The largest absolute Gasteiger partial charge is 0.492 e. The molecule has 0 bridgehead atoms. The summed E-state index contributed by atoms with van der Waals surface area (Å²) in [7, 11) is 1.40. The van der Waals surface area contributed by atoms with Gasteiger partial charge in [-0.15, -0.1) is 6.58 Å². The number of amides is 1. The molecule has 3 heterocycles. The third kappa shape index (κ3) is 5.79. The number of pyridine rings is 1. The predicted octanol–water partition coefficient (Wildman–Crippen LogP) is 6.51. The molecule has 1 aliphatic rings. The Balaban J connectivity index is 1.57. The van der Waals surface area contributed by atoms with Crippen LogP contribution in [0, 0.1) is 5.82 Å². The number of allylic oxidation sites excluding steroid dienone is 1. The number of hydrogen-bond acceptors (Lipinski definition) is 6. The van der Waals surface area contributed by atoms with Crippen LogP contribution in [-0.4, -0.2) is 36.1 Å². The van der Waals surface area contributed by atoms with Crippen molar-refractivity contribution in [3.63, 3.8) is 0 Å². The van der Waals surface area contributed by atoms with E-state index in [1.54, 1.807) is 30.6 Å². The van der Waals surface area contributed by atoms with Gasteiger partial charge in [0.15, 0.2) is 11.6 Å². The molecule has 0 spiro atoms. The number of benzene rings is 2. The Morgan fingerprint density at radius 3 is 2.80 bits per heavy atom. The highest BCUT2D eigenvalue weighted by atomic mass is 19.1. The van der Waals surface area contributed by atoms with Gasteiger partial charge in [0, 0.05) is 29.9 Å². The van der Waals surface area contributed by atoms with Crippen LogP contribution >= 0.6 is 0 Å². The average Bonchev–Trinajstić information content (AvgIpc) is 3.37. The minimum atomic E-state index is -0.523. The fourth-order valence-corrected chi connectivity index (χ4v) is 4.89. The first kappa shape index (κ1) is 27.5. The summed E-state index contributed by atoms with van der Waals surface area (Å²) < 4.78 is 31.8. The molecule has 0 aliphatic carbocycles. The number of fused-ring (bicyclic) bond motifs is 1. The van der Waals surface area contributed by atoms with E-state index >= 15 is 0 Å². The Kier molecular flexibility index (Phi) is 8.34. The van der Waals surface area contributed by atoms with Crippen LogP contribution in [0.4, 0.5) is 15.8 Å². The van der Waals surface area contributed by atoms with Crippen LogP contribution in [0.5, 0.6) is 17.2 Å². The molecule has 0 radical (unpaired) electrons. The maximum atomic E-state index is 14.6. The molecular formula is C32H31FN4O4. The number of nitrogens with zero attached hydrogens (tertiary/aromatic N) is 1. The number of H-pyrrole nitrogens is 1. The molecule has 5 rings (SSSR count). The number of halogens is 1. The van der Waals surface area contributed by atoms with Crippen LogP contribution in [0.1, 0.15) is 34.0 Å². The number of anilines is 2. The minimum absolute atomic E-state index is 0.0200. The Bertz CT molecular complexity index is 1580. The van der Waals surface area contributed by atoms with Crippen molar-refractivity contribution in [2.24, 2.45) is 0 Å². The molecule has 8 nitrogen and oxygen atoms in total. The van der Waals surface area contributed by atoms with Crippen molar-refractivity contribution in [3.05, 3.63) is 109 Å². The molecule has 210 valence electrons. The minimum Gasteiger partial charge on any atom is -0.492 e. The van der Waals surface area contributed by atoms with Gasteiger partial charge >= 0.3 is 0 Å². The highest BCUT2D eigenvalue weighted by Crippen LogP contribution is 2.44. The first-order valence-electron chi connectivity index (χ1n) is 13.2. The molecule has 1 atom stereocenters. The monoisotopic (exact) mass is 554 g/mol. The lowest BCUT2D eigenvalue weighted by atomic mass is 9.93. The fraction of sp³-hybridized carbons (Fsp3) is 0.188. The lowest BCUT2D eigenvalue weighted by Gasteiger charge is -2.23. The molecule has 2 aromatic heterocycles. The maximum absolute atomic E-state index is 14.6. The van der Waals surface area contributed by atoms with Crippen molar-refractivity contribution < 1.29 is 23.4 Å². The third-order valence-electron chi connectivity index (χ3n) is 6.77. The van der Waals surface area contributed by atoms with E-state index in [2.05, 4.69) is 33.8 Å². The molecule has 9 heteroatoms. The molecule has 1 aliphatic heterocycles. The van der Waals surface area contributed by atoms with Crippen LogP contribution in [0.3, 0.4) is 0 Å².